The van der Waals surface area contributed by atoms with Gasteiger partial charge < -0.3 is 10.4 Å². The second-order valence-electron chi connectivity index (χ2n) is 4.85. The summed E-state index contributed by atoms with van der Waals surface area (Å²) in [4.78, 5) is 27.6. The number of allylic oxidation sites excluding steroid dienone is 3. The summed E-state index contributed by atoms with van der Waals surface area (Å²) in [5, 5.41) is 11.8. The van der Waals surface area contributed by atoms with Gasteiger partial charge in [-0.15, -0.1) is 0 Å². The van der Waals surface area contributed by atoms with Crippen molar-refractivity contribution >= 4 is 23.1 Å². The molecule has 108 valence electrons. The summed E-state index contributed by atoms with van der Waals surface area (Å²) in [6.07, 6.45) is 1.46. The van der Waals surface area contributed by atoms with Crippen LogP contribution in [0.4, 0.5) is 5.69 Å². The Kier molecular flexibility index (Phi) is 4.03. The maximum atomic E-state index is 12.0. The van der Waals surface area contributed by atoms with Gasteiger partial charge in [-0.2, -0.15) is 0 Å². The van der Waals surface area contributed by atoms with Crippen molar-refractivity contribution in [1.82, 2.24) is 5.32 Å². The van der Waals surface area contributed by atoms with E-state index < -0.39 is 0 Å². The van der Waals surface area contributed by atoms with E-state index in [-0.39, 0.29) is 23.1 Å². The minimum absolute atomic E-state index is 0.163. The number of phenols is 1. The lowest BCUT2D eigenvalue weighted by Crippen LogP contribution is -2.30. The molecule has 5 heteroatoms. The molecule has 1 aromatic carbocycles. The summed E-state index contributed by atoms with van der Waals surface area (Å²) >= 11 is 0. The summed E-state index contributed by atoms with van der Waals surface area (Å²) in [5.74, 6) is -0.365. The van der Waals surface area contributed by atoms with Gasteiger partial charge in [0, 0.05) is 12.5 Å². The highest BCUT2D eigenvalue weighted by atomic mass is 16.3. The van der Waals surface area contributed by atoms with Gasteiger partial charge in [-0.25, -0.2) is 4.99 Å². The van der Waals surface area contributed by atoms with Crippen LogP contribution in [-0.2, 0) is 9.59 Å². The molecule has 2 rings (SSSR count). The van der Waals surface area contributed by atoms with E-state index >= 15 is 0 Å². The number of phenolic OH excluding ortho intramolecular Hbond substituents is 1. The van der Waals surface area contributed by atoms with Gasteiger partial charge in [0.25, 0.3) is 0 Å². The molecule has 5 nitrogen and oxygen atoms in total. The molecule has 0 bridgehead atoms. The number of aliphatic imine (C=N–C) groups is 1. The number of aromatic hydroxyl groups is 1. The zero-order valence-electron chi connectivity index (χ0n) is 12.1. The smallest absolute Gasteiger partial charge is 0.221 e. The van der Waals surface area contributed by atoms with Crippen LogP contribution in [0.2, 0.25) is 0 Å². The first-order valence-corrected chi connectivity index (χ1v) is 6.48. The lowest BCUT2D eigenvalue weighted by molar-refractivity contribution is -0.120. The number of hydrogen-bond acceptors (Lipinski definition) is 4. The molecule has 0 aliphatic heterocycles. The van der Waals surface area contributed by atoms with Crippen molar-refractivity contribution < 1.29 is 14.7 Å². The third-order valence-electron chi connectivity index (χ3n) is 3.09. The number of carbonyl (C=O) groups is 2. The fraction of sp³-hybridized carbons (Fsp3) is 0.188. The van der Waals surface area contributed by atoms with Crippen molar-refractivity contribution in [3.8, 4) is 5.75 Å². The molecule has 21 heavy (non-hydrogen) atoms. The van der Waals surface area contributed by atoms with Crippen LogP contribution in [0.1, 0.15) is 20.8 Å². The predicted octanol–water partition coefficient (Wildman–Crippen LogP) is 2.40. The number of nitrogens with one attached hydrogen (secondary N) is 1. The number of hydrogen-bond donors (Lipinski definition) is 2. The Morgan fingerprint density at radius 2 is 1.81 bits per heavy atom. The number of nitrogens with zero attached hydrogens (tertiary/aromatic N) is 1. The molecule has 0 heterocycles. The van der Waals surface area contributed by atoms with Crippen molar-refractivity contribution in [2.45, 2.75) is 20.8 Å². The maximum absolute atomic E-state index is 12.0. The third-order valence-corrected chi connectivity index (χ3v) is 3.09. The summed E-state index contributed by atoms with van der Waals surface area (Å²) in [5.41, 5.74) is 2.92. The van der Waals surface area contributed by atoms with Crippen LogP contribution in [0, 0.1) is 0 Å². The average molecular weight is 284 g/mol. The Balaban J connectivity index is 2.47. The van der Waals surface area contributed by atoms with Gasteiger partial charge >= 0.3 is 0 Å². The topological polar surface area (TPSA) is 78.8 Å². The summed E-state index contributed by atoms with van der Waals surface area (Å²) in [7, 11) is 0. The van der Waals surface area contributed by atoms with Gasteiger partial charge in [0.1, 0.15) is 5.75 Å². The molecule has 0 aromatic heterocycles. The minimum Gasteiger partial charge on any atom is -0.508 e. The zero-order valence-corrected chi connectivity index (χ0v) is 12.1. The van der Waals surface area contributed by atoms with Crippen LogP contribution in [0.15, 0.2) is 52.2 Å². The standard InChI is InChI=1S/C16H16N2O3/c1-9-8-14(21)16(17-11(3)19)10(2)15(9)18-12-4-6-13(20)7-5-12/h4-8,20H,1-3H3,(H,17,19). The van der Waals surface area contributed by atoms with E-state index in [1.807, 2.05) is 0 Å². The average Bonchev–Trinajstić information content (AvgIpc) is 2.41. The van der Waals surface area contributed by atoms with E-state index in [4.69, 9.17) is 0 Å². The van der Waals surface area contributed by atoms with Crippen molar-refractivity contribution in [2.24, 2.45) is 4.99 Å². The quantitative estimate of drug-likeness (QED) is 0.818. The molecule has 1 aromatic rings. The summed E-state index contributed by atoms with van der Waals surface area (Å²) in [6.45, 7) is 4.90. The highest BCUT2D eigenvalue weighted by Gasteiger charge is 2.22. The second kappa shape index (κ2) is 5.75. The molecule has 0 atom stereocenters. The van der Waals surface area contributed by atoms with Crippen LogP contribution >= 0.6 is 0 Å². The monoisotopic (exact) mass is 284 g/mol. The Morgan fingerprint density at radius 1 is 1.19 bits per heavy atom. The number of amides is 1. The lowest BCUT2D eigenvalue weighted by atomic mass is 9.94. The van der Waals surface area contributed by atoms with Crippen molar-refractivity contribution in [3.63, 3.8) is 0 Å². The van der Waals surface area contributed by atoms with Gasteiger partial charge in [-0.1, -0.05) is 0 Å². The fourth-order valence-electron chi connectivity index (χ4n) is 2.10. The summed E-state index contributed by atoms with van der Waals surface area (Å²) < 4.78 is 0. The van der Waals surface area contributed by atoms with Gasteiger partial charge in [0.15, 0.2) is 0 Å². The summed E-state index contributed by atoms with van der Waals surface area (Å²) in [6, 6.07) is 6.44. The largest absolute Gasteiger partial charge is 0.508 e. The first kappa shape index (κ1) is 14.7. The van der Waals surface area contributed by atoms with Crippen molar-refractivity contribution in [3.05, 3.63) is 47.2 Å². The molecule has 2 N–H and O–H groups in total. The Labute approximate surface area is 122 Å². The lowest BCUT2D eigenvalue weighted by Gasteiger charge is -2.18. The molecule has 0 saturated carbocycles. The Hall–Kier alpha value is -2.69. The van der Waals surface area contributed by atoms with Gasteiger partial charge in [0.05, 0.1) is 17.1 Å². The van der Waals surface area contributed by atoms with E-state index in [2.05, 4.69) is 10.3 Å². The van der Waals surface area contributed by atoms with Gasteiger partial charge in [0.2, 0.25) is 11.7 Å². The molecular weight excluding hydrogens is 268 g/mol. The highest BCUT2D eigenvalue weighted by molar-refractivity contribution is 6.25. The van der Waals surface area contributed by atoms with Crippen LogP contribution in [-0.4, -0.2) is 22.5 Å². The van der Waals surface area contributed by atoms with Crippen LogP contribution in [0.25, 0.3) is 0 Å². The molecule has 0 spiro atoms. The minimum atomic E-state index is -0.297. The van der Waals surface area contributed by atoms with Gasteiger partial charge in [-0.05, 0) is 49.8 Å². The van der Waals surface area contributed by atoms with E-state index in [1.54, 1.807) is 38.1 Å². The molecule has 1 amide bonds. The van der Waals surface area contributed by atoms with Crippen LogP contribution in [0.3, 0.4) is 0 Å². The van der Waals surface area contributed by atoms with Crippen LogP contribution < -0.4 is 5.32 Å². The molecule has 1 aliphatic carbocycles. The van der Waals surface area contributed by atoms with Crippen molar-refractivity contribution in [1.29, 1.82) is 0 Å². The first-order chi connectivity index (χ1) is 9.88. The van der Waals surface area contributed by atoms with E-state index in [1.165, 1.54) is 13.0 Å². The number of rotatable bonds is 2. The number of ketones is 1. The number of carbonyl (C=O) groups excluding carboxylic acids is 2. The number of benzene rings is 1. The maximum Gasteiger partial charge on any atom is 0.221 e. The normalized spacial score (nSPS) is 17.0. The molecule has 1 aliphatic rings. The Bertz CT molecular complexity index is 695. The van der Waals surface area contributed by atoms with Crippen molar-refractivity contribution in [2.75, 3.05) is 0 Å². The zero-order chi connectivity index (χ0) is 15.6. The molecule has 0 saturated heterocycles. The molecule has 0 radical (unpaired) electrons. The van der Waals surface area contributed by atoms with Gasteiger partial charge in [-0.3, -0.25) is 9.59 Å². The first-order valence-electron chi connectivity index (χ1n) is 6.48. The SMILES string of the molecule is CC(=O)NC1=C(C)C(=Nc2ccc(O)cc2)C(C)=CC1=O. The molecule has 0 fully saturated rings. The van der Waals surface area contributed by atoms with E-state index in [0.29, 0.717) is 17.0 Å². The second-order valence-corrected chi connectivity index (χ2v) is 4.85. The predicted molar refractivity (Wildman–Crippen MR) is 80.5 cm³/mol. The third kappa shape index (κ3) is 3.25. The molecule has 0 unspecified atom stereocenters. The molecular formula is C16H16N2O3. The van der Waals surface area contributed by atoms with Crippen LogP contribution in [0.5, 0.6) is 5.75 Å². The van der Waals surface area contributed by atoms with E-state index in [9.17, 15) is 14.7 Å². The van der Waals surface area contributed by atoms with E-state index in [0.717, 1.165) is 5.57 Å². The Morgan fingerprint density at radius 3 is 2.38 bits per heavy atom. The highest BCUT2D eigenvalue weighted by Crippen LogP contribution is 2.23. The fourth-order valence-corrected chi connectivity index (χ4v) is 2.10.